The summed E-state index contributed by atoms with van der Waals surface area (Å²) in [5, 5.41) is 3.20. The van der Waals surface area contributed by atoms with Crippen LogP contribution < -0.4 is 5.32 Å². The molecule has 0 fully saturated rings. The van der Waals surface area contributed by atoms with Crippen LogP contribution in [0.4, 0.5) is 0 Å². The molecule has 1 N–H and O–H groups in total. The maximum absolute atomic E-state index is 13.5. The van der Waals surface area contributed by atoms with E-state index in [-0.39, 0.29) is 16.4 Å². The van der Waals surface area contributed by atoms with Gasteiger partial charge >= 0.3 is 17.6 Å². The zero-order chi connectivity index (χ0) is 19.6. The molecule has 0 radical (unpaired) electrons. The van der Waals surface area contributed by atoms with Gasteiger partial charge in [-0.3, -0.25) is 5.32 Å². The largest absolute Gasteiger partial charge is 0.398 e. The van der Waals surface area contributed by atoms with Gasteiger partial charge < -0.3 is 0 Å². The van der Waals surface area contributed by atoms with E-state index in [0.717, 1.165) is 30.6 Å². The average Bonchev–Trinajstić information content (AvgIpc) is 3.09. The lowest BCUT2D eigenvalue weighted by Crippen LogP contribution is -2.59. The van der Waals surface area contributed by atoms with Crippen molar-refractivity contribution in [2.24, 2.45) is 4.99 Å². The van der Waals surface area contributed by atoms with Gasteiger partial charge in [-0.05, 0) is 22.3 Å². The minimum Gasteiger partial charge on any atom is -0.276 e. The molecular formula is C19H31N5O3+2. The number of quaternary nitrogens is 1. The molecule has 148 valence electrons. The third kappa shape index (κ3) is 3.04. The SMILES string of the molecule is CCCCC1N=C2C3=C(N(C(=O)CCC)CNC3)[N+](=O)[N+]2(CCCC)C1=O. The molecule has 3 aliphatic rings. The van der Waals surface area contributed by atoms with Crippen molar-refractivity contribution in [1.82, 2.24) is 10.2 Å². The first-order valence-corrected chi connectivity index (χ1v) is 10.3. The van der Waals surface area contributed by atoms with E-state index in [9.17, 15) is 14.5 Å². The first-order chi connectivity index (χ1) is 13.0. The second kappa shape index (κ2) is 7.98. The van der Waals surface area contributed by atoms with Crippen LogP contribution in [-0.2, 0) is 9.59 Å². The van der Waals surface area contributed by atoms with Crippen molar-refractivity contribution < 1.29 is 19.1 Å². The quantitative estimate of drug-likeness (QED) is 0.519. The molecule has 0 aliphatic carbocycles. The molecule has 2 unspecified atom stereocenters. The number of carbonyl (C=O) groups is 2. The zero-order valence-corrected chi connectivity index (χ0v) is 16.7. The molecule has 3 rings (SSSR count). The van der Waals surface area contributed by atoms with Gasteiger partial charge in [-0.2, -0.15) is 4.90 Å². The number of hydrogen-bond donors (Lipinski definition) is 1. The minimum atomic E-state index is -0.455. The summed E-state index contributed by atoms with van der Waals surface area (Å²) in [5.41, 5.74) is 0.712. The molecule has 0 aromatic carbocycles. The van der Waals surface area contributed by atoms with Crippen molar-refractivity contribution in [1.29, 1.82) is 0 Å². The van der Waals surface area contributed by atoms with E-state index >= 15 is 0 Å². The Morgan fingerprint density at radius 3 is 2.67 bits per heavy atom. The van der Waals surface area contributed by atoms with Crippen LogP contribution in [-0.4, -0.2) is 57.8 Å². The predicted octanol–water partition coefficient (Wildman–Crippen LogP) is 2.21. The van der Waals surface area contributed by atoms with Gasteiger partial charge in [-0.15, -0.1) is 0 Å². The number of amides is 2. The summed E-state index contributed by atoms with van der Waals surface area (Å²) < 4.78 is -0.384. The Labute approximate surface area is 160 Å². The zero-order valence-electron chi connectivity index (χ0n) is 16.7. The fraction of sp³-hybridized carbons (Fsp3) is 0.737. The molecule has 3 heterocycles. The van der Waals surface area contributed by atoms with Crippen LogP contribution in [0.1, 0.15) is 65.7 Å². The lowest BCUT2D eigenvalue weighted by atomic mass is 10.1. The minimum absolute atomic E-state index is 0.0940. The Morgan fingerprint density at radius 1 is 1.26 bits per heavy atom. The maximum atomic E-state index is 13.5. The first-order valence-electron chi connectivity index (χ1n) is 10.3. The number of nitrogens with one attached hydrogen (secondary N) is 1. The van der Waals surface area contributed by atoms with Gasteiger partial charge in [0, 0.05) is 19.4 Å². The molecular weight excluding hydrogens is 346 g/mol. The summed E-state index contributed by atoms with van der Waals surface area (Å²) in [6.07, 6.45) is 5.29. The lowest BCUT2D eigenvalue weighted by Gasteiger charge is -2.22. The number of carbonyl (C=O) groups excluding carboxylic acids is 2. The molecule has 0 aromatic heterocycles. The van der Waals surface area contributed by atoms with Gasteiger partial charge in [0.15, 0.2) is 16.5 Å². The summed E-state index contributed by atoms with van der Waals surface area (Å²) in [6.45, 7) is 7.23. The highest BCUT2D eigenvalue weighted by Crippen LogP contribution is 2.39. The summed E-state index contributed by atoms with van der Waals surface area (Å²) in [6, 6.07) is -0.455. The predicted molar refractivity (Wildman–Crippen MR) is 101 cm³/mol. The number of nitroso groups, excluding NO2 is 1. The van der Waals surface area contributed by atoms with Gasteiger partial charge in [-0.1, -0.05) is 40.0 Å². The number of hydrogen-bond acceptors (Lipinski definition) is 5. The summed E-state index contributed by atoms with van der Waals surface area (Å²) in [4.78, 5) is 46.4. The van der Waals surface area contributed by atoms with Gasteiger partial charge in [0.2, 0.25) is 0 Å². The molecule has 8 nitrogen and oxygen atoms in total. The number of rotatable bonds is 8. The van der Waals surface area contributed by atoms with Gasteiger partial charge in [-0.25, -0.2) is 14.6 Å². The van der Waals surface area contributed by atoms with E-state index in [1.54, 1.807) is 0 Å². The molecule has 0 bridgehead atoms. The highest BCUT2D eigenvalue weighted by molar-refractivity contribution is 6.06. The second-order valence-electron chi connectivity index (χ2n) is 7.53. The monoisotopic (exact) mass is 377 g/mol. The summed E-state index contributed by atoms with van der Waals surface area (Å²) in [5.74, 6) is 0.646. The molecule has 2 atom stereocenters. The van der Waals surface area contributed by atoms with Crippen molar-refractivity contribution in [2.75, 3.05) is 19.8 Å². The summed E-state index contributed by atoms with van der Waals surface area (Å²) >= 11 is 0. The number of nitrogens with zero attached hydrogens (tertiary/aromatic N) is 4. The molecule has 2 amide bonds. The van der Waals surface area contributed by atoms with E-state index in [1.807, 2.05) is 13.8 Å². The van der Waals surface area contributed by atoms with Crippen LogP contribution in [0.5, 0.6) is 0 Å². The molecule has 0 spiro atoms. The van der Waals surface area contributed by atoms with Crippen molar-refractivity contribution in [3.63, 3.8) is 0 Å². The van der Waals surface area contributed by atoms with Crippen LogP contribution in [0, 0.1) is 4.91 Å². The van der Waals surface area contributed by atoms with E-state index in [0.29, 0.717) is 56.3 Å². The lowest BCUT2D eigenvalue weighted by molar-refractivity contribution is -1.22. The number of fused-ring (bicyclic) bond motifs is 2. The second-order valence-corrected chi connectivity index (χ2v) is 7.53. The highest BCUT2D eigenvalue weighted by Gasteiger charge is 2.70. The van der Waals surface area contributed by atoms with E-state index < -0.39 is 6.04 Å². The first kappa shape index (κ1) is 19.8. The third-order valence-corrected chi connectivity index (χ3v) is 5.57. The van der Waals surface area contributed by atoms with E-state index in [4.69, 9.17) is 4.99 Å². The molecule has 0 aromatic rings. The van der Waals surface area contributed by atoms with Crippen LogP contribution >= 0.6 is 0 Å². The molecule has 3 aliphatic heterocycles. The maximum Gasteiger partial charge on any atom is 0.398 e. The van der Waals surface area contributed by atoms with Crippen LogP contribution in [0.2, 0.25) is 0 Å². The Hall–Kier alpha value is -1.93. The fourth-order valence-corrected chi connectivity index (χ4v) is 4.13. The van der Waals surface area contributed by atoms with Crippen molar-refractivity contribution in [2.45, 2.75) is 71.8 Å². The third-order valence-electron chi connectivity index (χ3n) is 5.57. The Morgan fingerprint density at radius 2 is 2.00 bits per heavy atom. The van der Waals surface area contributed by atoms with E-state index in [2.05, 4.69) is 12.2 Å². The van der Waals surface area contributed by atoms with Crippen molar-refractivity contribution in [3.8, 4) is 0 Å². The Balaban J connectivity index is 2.04. The number of unbranched alkanes of at least 4 members (excludes halogenated alkanes) is 2. The summed E-state index contributed by atoms with van der Waals surface area (Å²) in [7, 11) is 0. The molecule has 8 heteroatoms. The molecule has 0 saturated heterocycles. The number of aliphatic imine (C=N–C) groups is 1. The molecule has 0 saturated carbocycles. The van der Waals surface area contributed by atoms with Crippen molar-refractivity contribution in [3.05, 3.63) is 16.3 Å². The topological polar surface area (TPSA) is 81.8 Å². The molecule has 27 heavy (non-hydrogen) atoms. The Bertz CT molecular complexity index is 714. The average molecular weight is 377 g/mol. The van der Waals surface area contributed by atoms with Crippen LogP contribution in [0.15, 0.2) is 16.4 Å². The van der Waals surface area contributed by atoms with Gasteiger partial charge in [0.25, 0.3) is 5.84 Å². The highest BCUT2D eigenvalue weighted by atomic mass is 16.4. The standard InChI is InChI=1S/C19H31N5O3/c1-4-7-10-15-19(26)24(11-8-5-2)17(21-15)14-12-20-13-22(16(25)9-6-3)18(14)23(24)27/h15,20H,4-13H2,1-3H3/q+2. The van der Waals surface area contributed by atoms with Crippen LogP contribution in [0.3, 0.4) is 0 Å². The van der Waals surface area contributed by atoms with Gasteiger partial charge in [0.1, 0.15) is 13.2 Å². The van der Waals surface area contributed by atoms with Crippen molar-refractivity contribution >= 4 is 17.6 Å². The normalized spacial score (nSPS) is 27.1. The van der Waals surface area contributed by atoms with Gasteiger partial charge in [0.05, 0.1) is 0 Å². The van der Waals surface area contributed by atoms with E-state index in [1.165, 1.54) is 4.90 Å². The number of amidine groups is 1. The fourth-order valence-electron chi connectivity index (χ4n) is 4.13. The Kier molecular flexibility index (Phi) is 5.86. The van der Waals surface area contributed by atoms with Crippen LogP contribution in [0.25, 0.3) is 0 Å². The smallest absolute Gasteiger partial charge is 0.276 e.